The predicted molar refractivity (Wildman–Crippen MR) is 75.4 cm³/mol. The first-order valence-corrected chi connectivity index (χ1v) is 5.89. The number of rotatable bonds is 2. The van der Waals surface area contributed by atoms with Gasteiger partial charge in [-0.05, 0) is 18.2 Å². The number of para-hydroxylation sites is 1. The molecule has 0 amide bonds. The molecule has 4 heteroatoms. The summed E-state index contributed by atoms with van der Waals surface area (Å²) in [7, 11) is 0. The van der Waals surface area contributed by atoms with Gasteiger partial charge in [0.05, 0.1) is 23.5 Å². The van der Waals surface area contributed by atoms with E-state index < -0.39 is 0 Å². The standard InChI is InChI=1S/C14H15N3O/c15-11-7-10-9-3-1-2-4-13(9)17(5-6-18)14(10)8-12(11)16/h1-4,7-8,18H,5-6,15-16H2. The largest absolute Gasteiger partial charge is 0.397 e. The summed E-state index contributed by atoms with van der Waals surface area (Å²) in [6.45, 7) is 0.644. The molecule has 18 heavy (non-hydrogen) atoms. The van der Waals surface area contributed by atoms with Crippen LogP contribution >= 0.6 is 0 Å². The van der Waals surface area contributed by atoms with E-state index in [0.29, 0.717) is 17.9 Å². The van der Waals surface area contributed by atoms with Crippen LogP contribution in [0.4, 0.5) is 11.4 Å². The average Bonchev–Trinajstić information content (AvgIpc) is 2.66. The second kappa shape index (κ2) is 3.92. The minimum atomic E-state index is 0.0953. The lowest BCUT2D eigenvalue weighted by Crippen LogP contribution is -2.02. The lowest BCUT2D eigenvalue weighted by Gasteiger charge is -2.06. The highest BCUT2D eigenvalue weighted by molar-refractivity contribution is 6.10. The SMILES string of the molecule is Nc1cc2c3ccccc3n(CCO)c2cc1N. The van der Waals surface area contributed by atoms with Crippen molar-refractivity contribution in [2.45, 2.75) is 6.54 Å². The molecule has 0 saturated heterocycles. The highest BCUT2D eigenvalue weighted by Crippen LogP contribution is 2.32. The first-order chi connectivity index (χ1) is 8.72. The normalized spacial score (nSPS) is 11.4. The fourth-order valence-electron chi connectivity index (χ4n) is 2.47. The zero-order chi connectivity index (χ0) is 12.7. The Hall–Kier alpha value is -2.20. The summed E-state index contributed by atoms with van der Waals surface area (Å²) in [5.74, 6) is 0. The Morgan fingerprint density at radius 2 is 1.67 bits per heavy atom. The van der Waals surface area contributed by atoms with Gasteiger partial charge in [0.15, 0.2) is 0 Å². The van der Waals surface area contributed by atoms with E-state index in [1.807, 2.05) is 30.3 Å². The maximum atomic E-state index is 9.20. The van der Waals surface area contributed by atoms with Crippen molar-refractivity contribution < 1.29 is 5.11 Å². The van der Waals surface area contributed by atoms with E-state index in [1.165, 1.54) is 0 Å². The number of fused-ring (bicyclic) bond motifs is 3. The molecule has 3 rings (SSSR count). The summed E-state index contributed by atoms with van der Waals surface area (Å²) in [5, 5.41) is 11.4. The van der Waals surface area contributed by atoms with Crippen LogP contribution in [0.2, 0.25) is 0 Å². The fraction of sp³-hybridized carbons (Fsp3) is 0.143. The lowest BCUT2D eigenvalue weighted by atomic mass is 10.1. The molecule has 4 nitrogen and oxygen atoms in total. The summed E-state index contributed by atoms with van der Waals surface area (Å²) >= 11 is 0. The van der Waals surface area contributed by atoms with Crippen LogP contribution in [0, 0.1) is 0 Å². The Labute approximate surface area is 104 Å². The Balaban J connectivity index is 2.49. The van der Waals surface area contributed by atoms with Crippen LogP contribution in [0.25, 0.3) is 21.8 Å². The lowest BCUT2D eigenvalue weighted by molar-refractivity contribution is 0.280. The fourth-order valence-corrected chi connectivity index (χ4v) is 2.47. The van der Waals surface area contributed by atoms with Crippen molar-refractivity contribution in [2.24, 2.45) is 0 Å². The summed E-state index contributed by atoms with van der Waals surface area (Å²) in [4.78, 5) is 0. The number of hydrogen-bond acceptors (Lipinski definition) is 3. The van der Waals surface area contributed by atoms with Crippen LogP contribution in [0.5, 0.6) is 0 Å². The molecule has 0 aliphatic rings. The van der Waals surface area contributed by atoms with E-state index >= 15 is 0 Å². The Morgan fingerprint density at radius 1 is 0.944 bits per heavy atom. The van der Waals surface area contributed by atoms with Crippen molar-refractivity contribution in [1.82, 2.24) is 4.57 Å². The smallest absolute Gasteiger partial charge is 0.0610 e. The molecule has 0 aliphatic heterocycles. The van der Waals surface area contributed by atoms with Crippen molar-refractivity contribution >= 4 is 33.2 Å². The number of anilines is 2. The first-order valence-electron chi connectivity index (χ1n) is 5.89. The van der Waals surface area contributed by atoms with Gasteiger partial charge in [0.1, 0.15) is 0 Å². The van der Waals surface area contributed by atoms with Crippen LogP contribution in [-0.2, 0) is 6.54 Å². The molecule has 0 spiro atoms. The molecule has 1 heterocycles. The number of aliphatic hydroxyl groups excluding tert-OH is 1. The molecule has 0 radical (unpaired) electrons. The number of hydrogen-bond donors (Lipinski definition) is 3. The van der Waals surface area contributed by atoms with Crippen molar-refractivity contribution in [2.75, 3.05) is 18.1 Å². The molecule has 0 aliphatic carbocycles. The second-order valence-electron chi connectivity index (χ2n) is 4.39. The van der Waals surface area contributed by atoms with Gasteiger partial charge in [0, 0.05) is 22.8 Å². The third-order valence-electron chi connectivity index (χ3n) is 3.30. The number of benzene rings is 2. The van der Waals surface area contributed by atoms with Crippen LogP contribution in [0.15, 0.2) is 36.4 Å². The minimum absolute atomic E-state index is 0.0953. The van der Waals surface area contributed by atoms with Gasteiger partial charge in [-0.1, -0.05) is 18.2 Å². The molecule has 1 aromatic heterocycles. The van der Waals surface area contributed by atoms with Crippen LogP contribution in [0.3, 0.4) is 0 Å². The predicted octanol–water partition coefficient (Wildman–Crippen LogP) is 1.95. The molecule has 2 aromatic carbocycles. The van der Waals surface area contributed by atoms with E-state index in [9.17, 15) is 5.11 Å². The zero-order valence-electron chi connectivity index (χ0n) is 9.93. The number of aromatic nitrogens is 1. The van der Waals surface area contributed by atoms with E-state index in [0.717, 1.165) is 21.8 Å². The summed E-state index contributed by atoms with van der Waals surface area (Å²) < 4.78 is 2.07. The van der Waals surface area contributed by atoms with E-state index in [1.54, 1.807) is 0 Å². The van der Waals surface area contributed by atoms with Crippen molar-refractivity contribution in [3.8, 4) is 0 Å². The van der Waals surface area contributed by atoms with Gasteiger partial charge in [-0.3, -0.25) is 0 Å². The summed E-state index contributed by atoms with van der Waals surface area (Å²) in [6.07, 6.45) is 0. The van der Waals surface area contributed by atoms with Crippen LogP contribution in [-0.4, -0.2) is 16.3 Å². The number of nitrogens with two attached hydrogens (primary N) is 2. The van der Waals surface area contributed by atoms with Crippen molar-refractivity contribution in [3.05, 3.63) is 36.4 Å². The van der Waals surface area contributed by atoms with E-state index in [4.69, 9.17) is 11.5 Å². The molecular weight excluding hydrogens is 226 g/mol. The van der Waals surface area contributed by atoms with Gasteiger partial charge in [0.25, 0.3) is 0 Å². The third kappa shape index (κ3) is 1.43. The highest BCUT2D eigenvalue weighted by Gasteiger charge is 2.11. The maximum Gasteiger partial charge on any atom is 0.0610 e. The second-order valence-corrected chi connectivity index (χ2v) is 4.39. The first kappa shape index (κ1) is 10.9. The molecule has 5 N–H and O–H groups in total. The van der Waals surface area contributed by atoms with E-state index in [-0.39, 0.29) is 6.61 Å². The molecule has 0 bridgehead atoms. The number of nitrogen functional groups attached to an aromatic ring is 2. The van der Waals surface area contributed by atoms with Gasteiger partial charge in [-0.2, -0.15) is 0 Å². The number of nitrogens with zero attached hydrogens (tertiary/aromatic N) is 1. The average molecular weight is 241 g/mol. The molecule has 0 unspecified atom stereocenters. The highest BCUT2D eigenvalue weighted by atomic mass is 16.3. The molecule has 0 fully saturated rings. The van der Waals surface area contributed by atoms with Gasteiger partial charge in [-0.25, -0.2) is 0 Å². The zero-order valence-corrected chi connectivity index (χ0v) is 9.93. The van der Waals surface area contributed by atoms with Crippen LogP contribution < -0.4 is 11.5 Å². The molecule has 0 saturated carbocycles. The van der Waals surface area contributed by atoms with Gasteiger partial charge in [0.2, 0.25) is 0 Å². The molecule has 92 valence electrons. The van der Waals surface area contributed by atoms with Gasteiger partial charge < -0.3 is 21.1 Å². The molecule has 3 aromatic rings. The molecular formula is C14H15N3O. The minimum Gasteiger partial charge on any atom is -0.397 e. The Morgan fingerprint density at radius 3 is 2.44 bits per heavy atom. The molecule has 0 atom stereocenters. The Kier molecular flexibility index (Phi) is 2.38. The van der Waals surface area contributed by atoms with Gasteiger partial charge >= 0.3 is 0 Å². The summed E-state index contributed by atoms with van der Waals surface area (Å²) in [5.41, 5.74) is 15.0. The topological polar surface area (TPSA) is 77.2 Å². The quantitative estimate of drug-likeness (QED) is 0.600. The number of aliphatic hydroxyl groups is 1. The van der Waals surface area contributed by atoms with Crippen molar-refractivity contribution in [1.29, 1.82) is 0 Å². The third-order valence-corrected chi connectivity index (χ3v) is 3.30. The van der Waals surface area contributed by atoms with Gasteiger partial charge in [-0.15, -0.1) is 0 Å². The van der Waals surface area contributed by atoms with Crippen LogP contribution in [0.1, 0.15) is 0 Å². The monoisotopic (exact) mass is 241 g/mol. The Bertz CT molecular complexity index is 731. The van der Waals surface area contributed by atoms with Crippen molar-refractivity contribution in [3.63, 3.8) is 0 Å². The maximum absolute atomic E-state index is 9.20. The van der Waals surface area contributed by atoms with E-state index in [2.05, 4.69) is 10.6 Å². The summed E-state index contributed by atoms with van der Waals surface area (Å²) in [6, 6.07) is 11.9.